The summed E-state index contributed by atoms with van der Waals surface area (Å²) in [6.07, 6.45) is 3.91. The highest BCUT2D eigenvalue weighted by Gasteiger charge is 2.54. The third-order valence-electron chi connectivity index (χ3n) is 5.12. The summed E-state index contributed by atoms with van der Waals surface area (Å²) < 4.78 is 0. The SMILES string of the molecule is O=C(CN1C(=O)N[C@@]2(CCCc3ccccc32)C1=O)NC(=O)NC1CC1. The van der Waals surface area contributed by atoms with Gasteiger partial charge >= 0.3 is 12.1 Å². The van der Waals surface area contributed by atoms with Gasteiger partial charge in [0.05, 0.1) is 0 Å². The van der Waals surface area contributed by atoms with Crippen LogP contribution in [0.1, 0.15) is 36.8 Å². The first kappa shape index (κ1) is 16.6. The Morgan fingerprint density at radius 1 is 1.23 bits per heavy atom. The Labute approximate surface area is 150 Å². The number of imide groups is 2. The van der Waals surface area contributed by atoms with Crippen LogP contribution in [-0.4, -0.2) is 41.4 Å². The van der Waals surface area contributed by atoms with Crippen LogP contribution in [0.4, 0.5) is 9.59 Å². The van der Waals surface area contributed by atoms with Crippen LogP contribution >= 0.6 is 0 Å². The molecule has 2 fully saturated rings. The molecule has 136 valence electrons. The van der Waals surface area contributed by atoms with Crippen LogP contribution < -0.4 is 16.0 Å². The van der Waals surface area contributed by atoms with Gasteiger partial charge in [-0.25, -0.2) is 9.59 Å². The lowest BCUT2D eigenvalue weighted by atomic mass is 9.76. The number of urea groups is 2. The van der Waals surface area contributed by atoms with Crippen molar-refractivity contribution in [3.8, 4) is 0 Å². The van der Waals surface area contributed by atoms with Gasteiger partial charge in [-0.15, -0.1) is 0 Å². The molecule has 0 aromatic heterocycles. The van der Waals surface area contributed by atoms with E-state index in [1.54, 1.807) is 0 Å². The van der Waals surface area contributed by atoms with E-state index in [1.807, 2.05) is 24.3 Å². The highest BCUT2D eigenvalue weighted by molar-refractivity contribution is 6.10. The largest absolute Gasteiger partial charge is 0.335 e. The molecule has 1 saturated heterocycles. The van der Waals surface area contributed by atoms with E-state index in [4.69, 9.17) is 0 Å². The fourth-order valence-corrected chi connectivity index (χ4v) is 3.71. The normalized spacial score (nSPS) is 24.2. The summed E-state index contributed by atoms with van der Waals surface area (Å²) >= 11 is 0. The first-order chi connectivity index (χ1) is 12.5. The molecule has 8 heteroatoms. The maximum atomic E-state index is 13.0. The maximum Gasteiger partial charge on any atom is 0.325 e. The van der Waals surface area contributed by atoms with Gasteiger partial charge in [-0.05, 0) is 43.2 Å². The lowest BCUT2D eigenvalue weighted by molar-refractivity contribution is -0.135. The van der Waals surface area contributed by atoms with Gasteiger partial charge in [0.2, 0.25) is 5.91 Å². The first-order valence-corrected chi connectivity index (χ1v) is 8.82. The van der Waals surface area contributed by atoms with E-state index in [0.717, 1.165) is 41.7 Å². The van der Waals surface area contributed by atoms with Crippen molar-refractivity contribution in [3.63, 3.8) is 0 Å². The highest BCUT2D eigenvalue weighted by atomic mass is 16.2. The fourth-order valence-electron chi connectivity index (χ4n) is 3.71. The molecule has 2 aliphatic carbocycles. The molecule has 1 heterocycles. The lowest BCUT2D eigenvalue weighted by Crippen LogP contribution is -2.48. The fraction of sp³-hybridized carbons (Fsp3) is 0.444. The summed E-state index contributed by atoms with van der Waals surface area (Å²) in [5.41, 5.74) is 0.712. The van der Waals surface area contributed by atoms with E-state index in [0.29, 0.717) is 6.42 Å². The number of aryl methyl sites for hydroxylation is 1. The number of nitrogens with zero attached hydrogens (tertiary/aromatic N) is 1. The van der Waals surface area contributed by atoms with Gasteiger partial charge in [0, 0.05) is 6.04 Å². The molecule has 8 nitrogen and oxygen atoms in total. The van der Waals surface area contributed by atoms with Crippen molar-refractivity contribution >= 4 is 23.9 Å². The molecular weight excluding hydrogens is 336 g/mol. The number of fused-ring (bicyclic) bond motifs is 2. The Kier molecular flexibility index (Phi) is 3.90. The second-order valence-corrected chi connectivity index (χ2v) is 7.03. The van der Waals surface area contributed by atoms with Crippen LogP contribution in [-0.2, 0) is 21.5 Å². The number of rotatable bonds is 3. The number of hydrogen-bond acceptors (Lipinski definition) is 4. The summed E-state index contributed by atoms with van der Waals surface area (Å²) in [6, 6.07) is 6.45. The molecule has 26 heavy (non-hydrogen) atoms. The molecule has 4 rings (SSSR count). The molecule has 0 unspecified atom stereocenters. The van der Waals surface area contributed by atoms with Crippen molar-refractivity contribution in [2.45, 2.75) is 43.7 Å². The zero-order valence-electron chi connectivity index (χ0n) is 14.2. The number of hydrogen-bond donors (Lipinski definition) is 3. The molecule has 1 aromatic carbocycles. The maximum absolute atomic E-state index is 13.0. The second kappa shape index (κ2) is 6.12. The van der Waals surface area contributed by atoms with Crippen molar-refractivity contribution in [2.75, 3.05) is 6.54 Å². The zero-order valence-corrected chi connectivity index (χ0v) is 14.2. The molecule has 0 radical (unpaired) electrons. The van der Waals surface area contributed by atoms with E-state index >= 15 is 0 Å². The Morgan fingerprint density at radius 2 is 2.00 bits per heavy atom. The van der Waals surface area contributed by atoms with Gasteiger partial charge in [-0.2, -0.15) is 0 Å². The van der Waals surface area contributed by atoms with Crippen molar-refractivity contribution in [1.29, 1.82) is 0 Å². The molecule has 3 N–H and O–H groups in total. The first-order valence-electron chi connectivity index (χ1n) is 8.82. The Balaban J connectivity index is 1.49. The number of carbonyl (C=O) groups is 4. The number of carbonyl (C=O) groups excluding carboxylic acids is 4. The van der Waals surface area contributed by atoms with E-state index in [2.05, 4.69) is 16.0 Å². The van der Waals surface area contributed by atoms with Crippen LogP contribution in [0.25, 0.3) is 0 Å². The van der Waals surface area contributed by atoms with Gasteiger partial charge in [0.25, 0.3) is 5.91 Å². The van der Waals surface area contributed by atoms with Crippen LogP contribution in [0.3, 0.4) is 0 Å². The third kappa shape index (κ3) is 2.81. The molecule has 3 aliphatic rings. The average Bonchev–Trinajstić information content (AvgIpc) is 3.39. The van der Waals surface area contributed by atoms with Crippen LogP contribution in [0, 0.1) is 0 Å². The molecule has 1 atom stereocenters. The summed E-state index contributed by atoms with van der Waals surface area (Å²) in [5.74, 6) is -1.12. The quantitative estimate of drug-likeness (QED) is 0.695. The molecule has 1 aromatic rings. The molecule has 6 amide bonds. The average molecular weight is 356 g/mol. The monoisotopic (exact) mass is 356 g/mol. The topological polar surface area (TPSA) is 108 Å². The van der Waals surface area contributed by atoms with Crippen molar-refractivity contribution in [3.05, 3.63) is 35.4 Å². The molecular formula is C18H20N4O4. The summed E-state index contributed by atoms with van der Waals surface area (Å²) in [5, 5.41) is 7.58. The highest BCUT2D eigenvalue weighted by Crippen LogP contribution is 2.39. The van der Waals surface area contributed by atoms with Gasteiger partial charge < -0.3 is 10.6 Å². The van der Waals surface area contributed by atoms with E-state index in [1.165, 1.54) is 0 Å². The van der Waals surface area contributed by atoms with Crippen LogP contribution in [0.15, 0.2) is 24.3 Å². The van der Waals surface area contributed by atoms with Gasteiger partial charge in [0.15, 0.2) is 0 Å². The smallest absolute Gasteiger partial charge is 0.325 e. The number of amides is 6. The van der Waals surface area contributed by atoms with Crippen LogP contribution in [0.5, 0.6) is 0 Å². The minimum atomic E-state index is -1.11. The summed E-state index contributed by atoms with van der Waals surface area (Å²) in [4.78, 5) is 50.0. The van der Waals surface area contributed by atoms with Gasteiger partial charge in [-0.3, -0.25) is 19.8 Å². The molecule has 0 bridgehead atoms. The Morgan fingerprint density at radius 3 is 2.77 bits per heavy atom. The minimum absolute atomic E-state index is 0.113. The van der Waals surface area contributed by atoms with Gasteiger partial charge in [-0.1, -0.05) is 24.3 Å². The summed E-state index contributed by atoms with van der Waals surface area (Å²) in [6.45, 7) is -0.479. The predicted octanol–water partition coefficient (Wildman–Crippen LogP) is 0.758. The number of benzene rings is 1. The van der Waals surface area contributed by atoms with Gasteiger partial charge in [0.1, 0.15) is 12.1 Å². The molecule has 1 aliphatic heterocycles. The zero-order chi connectivity index (χ0) is 18.3. The predicted molar refractivity (Wildman–Crippen MR) is 91.0 cm³/mol. The van der Waals surface area contributed by atoms with Crippen molar-refractivity contribution in [2.24, 2.45) is 0 Å². The van der Waals surface area contributed by atoms with Crippen molar-refractivity contribution in [1.82, 2.24) is 20.9 Å². The Bertz CT molecular complexity index is 804. The summed E-state index contributed by atoms with van der Waals surface area (Å²) in [7, 11) is 0. The molecule has 1 saturated carbocycles. The van der Waals surface area contributed by atoms with E-state index in [-0.39, 0.29) is 6.04 Å². The third-order valence-corrected chi connectivity index (χ3v) is 5.12. The lowest BCUT2D eigenvalue weighted by Gasteiger charge is -2.33. The molecule has 1 spiro atoms. The second-order valence-electron chi connectivity index (χ2n) is 7.03. The van der Waals surface area contributed by atoms with E-state index in [9.17, 15) is 19.2 Å². The number of nitrogens with one attached hydrogen (secondary N) is 3. The van der Waals surface area contributed by atoms with Crippen LogP contribution in [0.2, 0.25) is 0 Å². The Hall–Kier alpha value is -2.90. The van der Waals surface area contributed by atoms with E-state index < -0.39 is 36.0 Å². The minimum Gasteiger partial charge on any atom is -0.335 e. The van der Waals surface area contributed by atoms with Crippen molar-refractivity contribution < 1.29 is 19.2 Å². The standard InChI is InChI=1S/C18H20N4O4/c23-14(20-16(25)19-12-7-8-12)10-22-15(24)18(21-17(22)26)9-3-5-11-4-1-2-6-13(11)18/h1-2,4,6,12H,3,5,7-10H2,(H,21,26)(H2,19,20,23,25)/t18-/m1/s1.